The van der Waals surface area contributed by atoms with Crippen molar-refractivity contribution in [2.24, 2.45) is 0 Å². The number of benzene rings is 2. The van der Waals surface area contributed by atoms with Crippen LogP contribution in [-0.4, -0.2) is 43.2 Å². The van der Waals surface area contributed by atoms with E-state index in [0.717, 1.165) is 21.7 Å². The number of methoxy groups -OCH3 is 1. The second-order valence-corrected chi connectivity index (χ2v) is 7.82. The van der Waals surface area contributed by atoms with Crippen LogP contribution in [0, 0.1) is 0 Å². The van der Waals surface area contributed by atoms with Crippen LogP contribution in [0.5, 0.6) is 11.5 Å². The summed E-state index contributed by atoms with van der Waals surface area (Å²) in [6, 6.07) is 12.3. The van der Waals surface area contributed by atoms with E-state index < -0.39 is 0 Å². The Labute approximate surface area is 177 Å². The lowest BCUT2D eigenvalue weighted by Crippen LogP contribution is -2.39. The van der Waals surface area contributed by atoms with Crippen LogP contribution < -0.4 is 25.0 Å². The molecular weight excluding hydrogens is 404 g/mol. The van der Waals surface area contributed by atoms with Gasteiger partial charge in [0.2, 0.25) is 5.91 Å². The smallest absolute Gasteiger partial charge is 0.321 e. The van der Waals surface area contributed by atoms with Crippen LogP contribution in [-0.2, 0) is 4.79 Å². The third-order valence-electron chi connectivity index (χ3n) is 4.72. The number of nitrogens with one attached hydrogen (secondary N) is 2. The zero-order valence-corrected chi connectivity index (χ0v) is 17.5. The molecule has 0 bridgehead atoms. The highest BCUT2D eigenvalue weighted by Crippen LogP contribution is 2.29. The summed E-state index contributed by atoms with van der Waals surface area (Å²) in [5, 5.41) is 6.12. The molecule has 30 heavy (non-hydrogen) atoms. The Hall–Kier alpha value is -3.33. The van der Waals surface area contributed by atoms with E-state index in [1.165, 1.54) is 11.3 Å². The van der Waals surface area contributed by atoms with Crippen molar-refractivity contribution in [2.45, 2.75) is 19.4 Å². The van der Waals surface area contributed by atoms with Crippen LogP contribution in [0.25, 0.3) is 10.2 Å². The van der Waals surface area contributed by atoms with Gasteiger partial charge in [-0.3, -0.25) is 10.1 Å². The van der Waals surface area contributed by atoms with Crippen LogP contribution in [0.4, 0.5) is 15.6 Å². The summed E-state index contributed by atoms with van der Waals surface area (Å²) in [5.41, 5.74) is 1.54. The molecule has 1 aliphatic heterocycles. The first kappa shape index (κ1) is 20.0. The average molecular weight is 426 g/mol. The molecule has 156 valence electrons. The van der Waals surface area contributed by atoms with Crippen LogP contribution in [0.2, 0.25) is 0 Å². The molecular formula is C21H22N4O4S. The highest BCUT2D eigenvalue weighted by molar-refractivity contribution is 7.22. The number of carbonyl (C=O) groups excluding carboxylic acids is 2. The molecule has 1 aliphatic rings. The quantitative estimate of drug-likeness (QED) is 0.628. The first-order chi connectivity index (χ1) is 14.6. The number of carbonyl (C=O) groups is 2. The molecule has 0 spiro atoms. The number of thiazole rings is 1. The molecule has 0 aliphatic carbocycles. The van der Waals surface area contributed by atoms with Crippen molar-refractivity contribution < 1.29 is 19.1 Å². The molecule has 4 rings (SSSR count). The number of nitrogens with zero attached hydrogens (tertiary/aromatic N) is 2. The van der Waals surface area contributed by atoms with E-state index in [1.807, 2.05) is 43.3 Å². The molecule has 1 saturated heterocycles. The SMILES string of the molecule is CCOc1ccc2nc(NC(=O)NC3CC(=O)N(c4cccc(OC)c4)C3)sc2c1. The number of hydrogen-bond donors (Lipinski definition) is 2. The zero-order chi connectivity index (χ0) is 21.1. The molecule has 1 aromatic heterocycles. The highest BCUT2D eigenvalue weighted by Gasteiger charge is 2.32. The van der Waals surface area contributed by atoms with Gasteiger partial charge in [-0.25, -0.2) is 9.78 Å². The van der Waals surface area contributed by atoms with Crippen molar-refractivity contribution >= 4 is 44.3 Å². The second kappa shape index (κ2) is 8.58. The molecule has 1 unspecified atom stereocenters. The van der Waals surface area contributed by atoms with Gasteiger partial charge in [-0.15, -0.1) is 0 Å². The Morgan fingerprint density at radius 1 is 1.27 bits per heavy atom. The van der Waals surface area contributed by atoms with Gasteiger partial charge in [0.1, 0.15) is 11.5 Å². The maximum Gasteiger partial charge on any atom is 0.321 e. The molecule has 1 fully saturated rings. The third-order valence-corrected chi connectivity index (χ3v) is 5.65. The molecule has 3 amide bonds. The Morgan fingerprint density at radius 3 is 2.93 bits per heavy atom. The fourth-order valence-corrected chi connectivity index (χ4v) is 4.26. The summed E-state index contributed by atoms with van der Waals surface area (Å²) in [5.74, 6) is 1.40. The zero-order valence-electron chi connectivity index (χ0n) is 16.7. The van der Waals surface area contributed by atoms with Crippen LogP contribution >= 0.6 is 11.3 Å². The van der Waals surface area contributed by atoms with Gasteiger partial charge in [0.25, 0.3) is 0 Å². The second-order valence-electron chi connectivity index (χ2n) is 6.79. The summed E-state index contributed by atoms with van der Waals surface area (Å²) in [6.07, 6.45) is 0.238. The van der Waals surface area contributed by atoms with Gasteiger partial charge in [0.15, 0.2) is 5.13 Å². The number of urea groups is 1. The van der Waals surface area contributed by atoms with Crippen LogP contribution in [0.3, 0.4) is 0 Å². The van der Waals surface area contributed by atoms with Gasteiger partial charge in [-0.05, 0) is 37.3 Å². The number of rotatable bonds is 6. The Kier molecular flexibility index (Phi) is 5.71. The number of anilines is 2. The van der Waals surface area contributed by atoms with Gasteiger partial charge in [-0.1, -0.05) is 17.4 Å². The maximum atomic E-state index is 12.4. The lowest BCUT2D eigenvalue weighted by Gasteiger charge is -2.18. The summed E-state index contributed by atoms with van der Waals surface area (Å²) in [7, 11) is 1.58. The number of aromatic nitrogens is 1. The summed E-state index contributed by atoms with van der Waals surface area (Å²) < 4.78 is 11.6. The van der Waals surface area contributed by atoms with E-state index in [0.29, 0.717) is 24.0 Å². The minimum Gasteiger partial charge on any atom is -0.497 e. The number of fused-ring (bicyclic) bond motifs is 1. The van der Waals surface area contributed by atoms with E-state index in [4.69, 9.17) is 9.47 Å². The Balaban J connectivity index is 1.38. The monoisotopic (exact) mass is 426 g/mol. The Morgan fingerprint density at radius 2 is 2.13 bits per heavy atom. The maximum absolute atomic E-state index is 12.4. The van der Waals surface area contributed by atoms with Crippen molar-refractivity contribution in [3.05, 3.63) is 42.5 Å². The summed E-state index contributed by atoms with van der Waals surface area (Å²) in [6.45, 7) is 2.92. The molecule has 2 heterocycles. The molecule has 2 aromatic carbocycles. The first-order valence-electron chi connectivity index (χ1n) is 9.61. The van der Waals surface area contributed by atoms with E-state index in [-0.39, 0.29) is 24.4 Å². The van der Waals surface area contributed by atoms with Crippen molar-refractivity contribution in [1.29, 1.82) is 0 Å². The lowest BCUT2D eigenvalue weighted by atomic mass is 10.2. The van der Waals surface area contributed by atoms with E-state index in [2.05, 4.69) is 15.6 Å². The lowest BCUT2D eigenvalue weighted by molar-refractivity contribution is -0.117. The third kappa shape index (κ3) is 4.30. The number of ether oxygens (including phenoxy) is 2. The van der Waals surface area contributed by atoms with Gasteiger partial charge in [0, 0.05) is 24.7 Å². The summed E-state index contributed by atoms with van der Waals surface area (Å²) in [4.78, 5) is 30.9. The van der Waals surface area contributed by atoms with Crippen molar-refractivity contribution in [3.8, 4) is 11.5 Å². The normalized spacial score (nSPS) is 16.0. The molecule has 0 radical (unpaired) electrons. The van der Waals surface area contributed by atoms with E-state index in [1.54, 1.807) is 18.1 Å². The molecule has 2 N–H and O–H groups in total. The number of amides is 3. The molecule has 8 nitrogen and oxygen atoms in total. The largest absolute Gasteiger partial charge is 0.497 e. The molecule has 0 saturated carbocycles. The van der Waals surface area contributed by atoms with Gasteiger partial charge < -0.3 is 19.7 Å². The van der Waals surface area contributed by atoms with Gasteiger partial charge in [0.05, 0.1) is 30.0 Å². The average Bonchev–Trinajstić information content (AvgIpc) is 3.30. The fraction of sp³-hybridized carbons (Fsp3) is 0.286. The number of hydrogen-bond acceptors (Lipinski definition) is 6. The van der Waals surface area contributed by atoms with Crippen molar-refractivity contribution in [1.82, 2.24) is 10.3 Å². The van der Waals surface area contributed by atoms with E-state index >= 15 is 0 Å². The minimum absolute atomic E-state index is 0.0445. The predicted molar refractivity (Wildman–Crippen MR) is 117 cm³/mol. The fourth-order valence-electron chi connectivity index (χ4n) is 3.37. The van der Waals surface area contributed by atoms with Crippen molar-refractivity contribution in [3.63, 3.8) is 0 Å². The molecule has 1 atom stereocenters. The topological polar surface area (TPSA) is 92.8 Å². The van der Waals surface area contributed by atoms with E-state index in [9.17, 15) is 9.59 Å². The van der Waals surface area contributed by atoms with Crippen LogP contribution in [0.15, 0.2) is 42.5 Å². The first-order valence-corrected chi connectivity index (χ1v) is 10.4. The Bertz CT molecular complexity index is 1080. The molecule has 3 aromatic rings. The van der Waals surface area contributed by atoms with Crippen LogP contribution in [0.1, 0.15) is 13.3 Å². The molecule has 9 heteroatoms. The van der Waals surface area contributed by atoms with Gasteiger partial charge >= 0.3 is 6.03 Å². The standard InChI is InChI=1S/C21H22N4O4S/c1-3-29-16-7-8-17-18(11-16)30-21(23-17)24-20(27)22-13-9-19(26)25(12-13)14-5-4-6-15(10-14)28-2/h4-8,10-11,13H,3,9,12H2,1-2H3,(H2,22,23,24,27). The predicted octanol–water partition coefficient (Wildman–Crippen LogP) is 3.63. The summed E-state index contributed by atoms with van der Waals surface area (Å²) >= 11 is 1.37. The van der Waals surface area contributed by atoms with Gasteiger partial charge in [-0.2, -0.15) is 0 Å². The van der Waals surface area contributed by atoms with Crippen molar-refractivity contribution in [2.75, 3.05) is 30.5 Å². The highest BCUT2D eigenvalue weighted by atomic mass is 32.1. The minimum atomic E-state index is -0.385.